The van der Waals surface area contributed by atoms with Gasteiger partial charge in [0.05, 0.1) is 0 Å². The van der Waals surface area contributed by atoms with Crippen LogP contribution in [0.15, 0.2) is 18.2 Å². The second-order valence-corrected chi connectivity index (χ2v) is 11.3. The maximum absolute atomic E-state index is 14.0. The quantitative estimate of drug-likeness (QED) is 0.166. The molecular formula is C29H49N3O5S. The highest BCUT2D eigenvalue weighted by atomic mass is 32.1. The van der Waals surface area contributed by atoms with E-state index in [0.717, 1.165) is 38.5 Å². The molecule has 3 N–H and O–H groups in total. The van der Waals surface area contributed by atoms with E-state index in [2.05, 4.69) is 37.1 Å². The van der Waals surface area contributed by atoms with Crippen molar-refractivity contribution in [1.29, 1.82) is 0 Å². The van der Waals surface area contributed by atoms with Crippen LogP contribution in [0.25, 0.3) is 0 Å². The van der Waals surface area contributed by atoms with Crippen molar-refractivity contribution in [2.75, 3.05) is 12.3 Å². The van der Waals surface area contributed by atoms with Gasteiger partial charge >= 0.3 is 6.09 Å². The molecule has 0 aliphatic carbocycles. The van der Waals surface area contributed by atoms with Gasteiger partial charge < -0.3 is 25.4 Å². The molecule has 3 unspecified atom stereocenters. The predicted molar refractivity (Wildman–Crippen MR) is 156 cm³/mol. The van der Waals surface area contributed by atoms with Crippen molar-refractivity contribution in [3.8, 4) is 5.75 Å². The number of nitrogens with one attached hydrogen (secondary N) is 2. The van der Waals surface area contributed by atoms with Crippen LogP contribution in [-0.4, -0.2) is 57.9 Å². The van der Waals surface area contributed by atoms with E-state index in [-0.39, 0.29) is 23.5 Å². The Morgan fingerprint density at radius 3 is 2.26 bits per heavy atom. The number of aryl methyl sites for hydroxylation is 1. The first-order chi connectivity index (χ1) is 17.8. The highest BCUT2D eigenvalue weighted by molar-refractivity contribution is 7.80. The molecule has 0 aliphatic heterocycles. The Kier molecular flexibility index (Phi) is 14.6. The summed E-state index contributed by atoms with van der Waals surface area (Å²) in [5.41, 5.74) is 0.475. The van der Waals surface area contributed by atoms with E-state index < -0.39 is 29.7 Å². The van der Waals surface area contributed by atoms with Gasteiger partial charge in [-0.1, -0.05) is 52.0 Å². The fourth-order valence-corrected chi connectivity index (χ4v) is 4.48. The van der Waals surface area contributed by atoms with Crippen LogP contribution in [0.1, 0.15) is 104 Å². The summed E-state index contributed by atoms with van der Waals surface area (Å²) in [7, 11) is 0. The lowest BCUT2D eigenvalue weighted by Gasteiger charge is -2.35. The molecule has 9 heteroatoms. The summed E-state index contributed by atoms with van der Waals surface area (Å²) in [5, 5.41) is 15.8. The fourth-order valence-electron chi connectivity index (χ4n) is 4.24. The predicted octanol–water partition coefficient (Wildman–Crippen LogP) is 5.67. The highest BCUT2D eigenvalue weighted by Gasteiger charge is 2.36. The molecule has 1 rings (SSSR count). The Bertz CT molecular complexity index is 903. The van der Waals surface area contributed by atoms with Crippen LogP contribution in [0.2, 0.25) is 0 Å². The molecule has 0 fully saturated rings. The van der Waals surface area contributed by atoms with Crippen molar-refractivity contribution in [3.05, 3.63) is 29.3 Å². The minimum absolute atomic E-state index is 0.0413. The molecule has 0 bridgehead atoms. The smallest absolute Gasteiger partial charge is 0.408 e. The first-order valence-electron chi connectivity index (χ1n) is 13.8. The topological polar surface area (TPSA) is 108 Å². The van der Waals surface area contributed by atoms with Crippen molar-refractivity contribution in [2.24, 2.45) is 0 Å². The maximum atomic E-state index is 14.0. The number of carbonyl (C=O) groups is 3. The Hall–Kier alpha value is -2.42. The number of phenols is 1. The zero-order valence-electron chi connectivity index (χ0n) is 24.3. The number of carbonyl (C=O) groups excluding carboxylic acids is 3. The Balaban J connectivity index is 3.43. The third-order valence-electron chi connectivity index (χ3n) is 6.16. The SMILES string of the molecule is CCCCCCCN(C(=O)C(CS)NC(=O)OC(C)(C)C)C(C(=O)NC(C)CCC)c1ccc(O)c(C)c1. The standard InChI is InChI=1S/C29H49N3O5S/c1-8-10-11-12-13-17-32(27(35)23(19-38)31-28(36)37-29(5,6)7)25(26(34)30-21(4)14-9-2)22-15-16-24(33)20(3)18-22/h15-16,18,21,23,25,33,38H,8-14,17,19H2,1-7H3,(H,30,34)(H,31,36). The molecule has 3 amide bonds. The molecule has 0 spiro atoms. The van der Waals surface area contributed by atoms with Crippen LogP contribution in [0.3, 0.4) is 0 Å². The zero-order chi connectivity index (χ0) is 28.9. The first kappa shape index (κ1) is 33.6. The number of phenolic OH excluding ortho intramolecular Hbond substituents is 1. The van der Waals surface area contributed by atoms with Gasteiger partial charge in [0.2, 0.25) is 11.8 Å². The Morgan fingerprint density at radius 2 is 1.71 bits per heavy atom. The molecule has 8 nitrogen and oxygen atoms in total. The van der Waals surface area contributed by atoms with E-state index >= 15 is 0 Å². The van der Waals surface area contributed by atoms with E-state index in [0.29, 0.717) is 24.1 Å². The third kappa shape index (κ3) is 11.5. The van der Waals surface area contributed by atoms with Crippen molar-refractivity contribution < 1.29 is 24.2 Å². The molecule has 0 aliphatic rings. The van der Waals surface area contributed by atoms with Gasteiger partial charge in [-0.2, -0.15) is 12.6 Å². The molecule has 1 aromatic carbocycles. The minimum Gasteiger partial charge on any atom is -0.508 e. The van der Waals surface area contributed by atoms with E-state index in [1.807, 2.05) is 6.92 Å². The molecule has 3 atom stereocenters. The van der Waals surface area contributed by atoms with Gasteiger partial charge in [0.25, 0.3) is 0 Å². The van der Waals surface area contributed by atoms with Gasteiger partial charge in [-0.3, -0.25) is 9.59 Å². The molecule has 0 heterocycles. The molecule has 0 saturated carbocycles. The van der Waals surface area contributed by atoms with Gasteiger partial charge in [-0.25, -0.2) is 4.79 Å². The Labute approximate surface area is 234 Å². The molecule has 38 heavy (non-hydrogen) atoms. The number of hydrogen-bond acceptors (Lipinski definition) is 6. The second-order valence-electron chi connectivity index (χ2n) is 11.0. The van der Waals surface area contributed by atoms with Gasteiger partial charge in [-0.05, 0) is 70.7 Å². The van der Waals surface area contributed by atoms with E-state index in [9.17, 15) is 19.5 Å². The van der Waals surface area contributed by atoms with Gasteiger partial charge in [0, 0.05) is 18.3 Å². The number of ether oxygens (including phenoxy) is 1. The lowest BCUT2D eigenvalue weighted by molar-refractivity contribution is -0.142. The van der Waals surface area contributed by atoms with Crippen LogP contribution in [0, 0.1) is 6.92 Å². The minimum atomic E-state index is -0.981. The van der Waals surface area contributed by atoms with Crippen molar-refractivity contribution in [1.82, 2.24) is 15.5 Å². The lowest BCUT2D eigenvalue weighted by Crippen LogP contribution is -2.54. The summed E-state index contributed by atoms with van der Waals surface area (Å²) < 4.78 is 5.36. The summed E-state index contributed by atoms with van der Waals surface area (Å²) in [6, 6.07) is 2.96. The first-order valence-corrected chi connectivity index (χ1v) is 14.5. The molecule has 0 aromatic heterocycles. The largest absolute Gasteiger partial charge is 0.508 e. The Morgan fingerprint density at radius 1 is 1.05 bits per heavy atom. The number of benzene rings is 1. The maximum Gasteiger partial charge on any atom is 0.408 e. The molecule has 0 saturated heterocycles. The van der Waals surface area contributed by atoms with Crippen LogP contribution in [0.4, 0.5) is 4.79 Å². The van der Waals surface area contributed by atoms with E-state index in [4.69, 9.17) is 4.74 Å². The van der Waals surface area contributed by atoms with Gasteiger partial charge in [0.15, 0.2) is 0 Å². The summed E-state index contributed by atoms with van der Waals surface area (Å²) in [5.74, 6) is -0.549. The van der Waals surface area contributed by atoms with Gasteiger partial charge in [-0.15, -0.1) is 0 Å². The number of unbranched alkanes of at least 4 members (excludes halogenated alkanes) is 4. The molecule has 1 aromatic rings. The van der Waals surface area contributed by atoms with E-state index in [1.54, 1.807) is 50.8 Å². The monoisotopic (exact) mass is 551 g/mol. The summed E-state index contributed by atoms with van der Waals surface area (Å²) in [6.45, 7) is 13.5. The van der Waals surface area contributed by atoms with Crippen LogP contribution < -0.4 is 10.6 Å². The van der Waals surface area contributed by atoms with Crippen molar-refractivity contribution in [2.45, 2.75) is 117 Å². The number of alkyl carbamates (subject to hydrolysis) is 1. The summed E-state index contributed by atoms with van der Waals surface area (Å²) in [6.07, 6.45) is 5.85. The van der Waals surface area contributed by atoms with Crippen molar-refractivity contribution in [3.63, 3.8) is 0 Å². The van der Waals surface area contributed by atoms with Crippen LogP contribution in [0.5, 0.6) is 5.75 Å². The fraction of sp³-hybridized carbons (Fsp3) is 0.690. The van der Waals surface area contributed by atoms with Gasteiger partial charge in [0.1, 0.15) is 23.4 Å². The second kappa shape index (κ2) is 16.5. The number of thiol groups is 1. The number of aromatic hydroxyl groups is 1. The average Bonchev–Trinajstić information content (AvgIpc) is 2.82. The van der Waals surface area contributed by atoms with Crippen LogP contribution >= 0.6 is 12.6 Å². The van der Waals surface area contributed by atoms with E-state index in [1.165, 1.54) is 0 Å². The third-order valence-corrected chi connectivity index (χ3v) is 6.53. The number of amides is 3. The average molecular weight is 552 g/mol. The molecule has 216 valence electrons. The van der Waals surface area contributed by atoms with Crippen LogP contribution in [-0.2, 0) is 14.3 Å². The zero-order valence-corrected chi connectivity index (χ0v) is 25.2. The number of hydrogen-bond donors (Lipinski definition) is 4. The molecule has 0 radical (unpaired) electrons. The summed E-state index contributed by atoms with van der Waals surface area (Å²) >= 11 is 4.34. The number of rotatable bonds is 15. The highest BCUT2D eigenvalue weighted by Crippen LogP contribution is 2.28. The lowest BCUT2D eigenvalue weighted by atomic mass is 9.99. The molecular weight excluding hydrogens is 502 g/mol. The summed E-state index contributed by atoms with van der Waals surface area (Å²) in [4.78, 5) is 41.7. The normalized spacial score (nSPS) is 13.8. The number of nitrogens with zero attached hydrogens (tertiary/aromatic N) is 1. The van der Waals surface area contributed by atoms with Crippen molar-refractivity contribution >= 4 is 30.5 Å².